The van der Waals surface area contributed by atoms with Crippen LogP contribution in [-0.2, 0) is 0 Å². The molecule has 0 aliphatic heterocycles. The zero-order valence-corrected chi connectivity index (χ0v) is 17.1. The number of rotatable bonds is 1. The first-order valence-corrected chi connectivity index (χ1v) is 9.60. The van der Waals surface area contributed by atoms with Crippen LogP contribution in [0.5, 0.6) is 5.75 Å². The number of fused-ring (bicyclic) bond motifs is 1. The highest BCUT2D eigenvalue weighted by Crippen LogP contribution is 2.22. The molecule has 4 aromatic carbocycles. The summed E-state index contributed by atoms with van der Waals surface area (Å²) in [6, 6.07) is 12.7. The molecule has 33 heavy (non-hydrogen) atoms. The molecule has 0 N–H and O–H groups in total. The molecule has 0 aliphatic carbocycles. The van der Waals surface area contributed by atoms with Crippen molar-refractivity contribution in [1.82, 2.24) is 0 Å². The van der Waals surface area contributed by atoms with E-state index in [1.807, 2.05) is 0 Å². The van der Waals surface area contributed by atoms with E-state index in [1.165, 1.54) is 43.5 Å². The fourth-order valence-electron chi connectivity index (χ4n) is 3.11. The molecule has 0 radical (unpaired) electrons. The van der Waals surface area contributed by atoms with Gasteiger partial charge in [-0.05, 0) is 47.9 Å². The largest absolute Gasteiger partial charge is 0.497 e. The summed E-state index contributed by atoms with van der Waals surface area (Å²) in [5, 5.41) is 0.479. The quantitative estimate of drug-likeness (QED) is 0.244. The van der Waals surface area contributed by atoms with Crippen LogP contribution in [-0.4, -0.2) is 7.11 Å². The lowest BCUT2D eigenvalue weighted by Crippen LogP contribution is -1.93. The molecular weight excluding hydrogens is 435 g/mol. The Morgan fingerprint density at radius 3 is 2.03 bits per heavy atom. The van der Waals surface area contributed by atoms with E-state index in [1.54, 1.807) is 0 Å². The van der Waals surface area contributed by atoms with Crippen molar-refractivity contribution in [1.29, 1.82) is 0 Å². The molecule has 0 fully saturated rings. The number of benzene rings is 4. The van der Waals surface area contributed by atoms with E-state index < -0.39 is 34.6 Å². The van der Waals surface area contributed by atoms with Crippen LogP contribution in [0.25, 0.3) is 10.8 Å². The first-order chi connectivity index (χ1) is 15.9. The Hall–Kier alpha value is -4.29. The highest BCUT2D eigenvalue weighted by molar-refractivity contribution is 5.84. The summed E-state index contributed by atoms with van der Waals surface area (Å²) >= 11 is 0. The summed E-state index contributed by atoms with van der Waals surface area (Å²) in [6.07, 6.45) is 0. The molecule has 1 nitrogen and oxygen atoms in total. The molecule has 0 aliphatic rings. The topological polar surface area (TPSA) is 9.23 Å². The minimum atomic E-state index is -0.977. The van der Waals surface area contributed by atoms with Crippen LogP contribution in [0.4, 0.5) is 22.0 Å². The summed E-state index contributed by atoms with van der Waals surface area (Å²) in [5.41, 5.74) is -0.0465. The molecule has 4 rings (SSSR count). The van der Waals surface area contributed by atoms with E-state index in [4.69, 9.17) is 4.74 Å². The SMILES string of the molecule is COc1ccc(C#Cc2cc(F)c(C#Cc3ccc4c(F)c(F)ccc4c3)c(F)c2)c(F)c1. The van der Waals surface area contributed by atoms with Gasteiger partial charge in [0.25, 0.3) is 0 Å². The predicted octanol–water partition coefficient (Wildman–Crippen LogP) is 6.34. The third kappa shape index (κ3) is 4.66. The average Bonchev–Trinajstić information content (AvgIpc) is 2.80. The van der Waals surface area contributed by atoms with Crippen LogP contribution < -0.4 is 4.74 Å². The Kier molecular flexibility index (Phi) is 6.02. The van der Waals surface area contributed by atoms with E-state index >= 15 is 0 Å². The van der Waals surface area contributed by atoms with Gasteiger partial charge in [0.15, 0.2) is 11.6 Å². The Labute approximate surface area is 186 Å². The Morgan fingerprint density at radius 2 is 1.33 bits per heavy atom. The maximum Gasteiger partial charge on any atom is 0.166 e. The van der Waals surface area contributed by atoms with Crippen molar-refractivity contribution in [3.05, 3.63) is 112 Å². The minimum Gasteiger partial charge on any atom is -0.497 e. The molecule has 0 bridgehead atoms. The third-order valence-electron chi connectivity index (χ3n) is 4.80. The minimum absolute atomic E-state index is 0.00831. The van der Waals surface area contributed by atoms with E-state index in [-0.39, 0.29) is 16.5 Å². The second-order valence-corrected chi connectivity index (χ2v) is 6.96. The van der Waals surface area contributed by atoms with Gasteiger partial charge in [0.05, 0.1) is 18.2 Å². The first-order valence-electron chi connectivity index (χ1n) is 9.60. The van der Waals surface area contributed by atoms with Gasteiger partial charge in [-0.3, -0.25) is 0 Å². The lowest BCUT2D eigenvalue weighted by molar-refractivity contribution is 0.411. The molecule has 0 saturated heterocycles. The third-order valence-corrected chi connectivity index (χ3v) is 4.80. The normalized spacial score (nSPS) is 10.2. The second-order valence-electron chi connectivity index (χ2n) is 6.96. The van der Waals surface area contributed by atoms with Gasteiger partial charge in [0.2, 0.25) is 0 Å². The maximum atomic E-state index is 14.5. The van der Waals surface area contributed by atoms with Crippen LogP contribution in [0.15, 0.2) is 60.7 Å². The van der Waals surface area contributed by atoms with Crippen molar-refractivity contribution in [2.45, 2.75) is 0 Å². The molecule has 162 valence electrons. The van der Waals surface area contributed by atoms with Crippen LogP contribution in [0, 0.1) is 52.8 Å². The van der Waals surface area contributed by atoms with Crippen molar-refractivity contribution < 1.29 is 26.7 Å². The van der Waals surface area contributed by atoms with Crippen molar-refractivity contribution in [3.8, 4) is 29.4 Å². The predicted molar refractivity (Wildman–Crippen MR) is 115 cm³/mol. The Bertz CT molecular complexity index is 1490. The van der Waals surface area contributed by atoms with Crippen LogP contribution in [0.2, 0.25) is 0 Å². The van der Waals surface area contributed by atoms with Gasteiger partial charge in [-0.15, -0.1) is 0 Å². The van der Waals surface area contributed by atoms with Gasteiger partial charge < -0.3 is 4.74 Å². The van der Waals surface area contributed by atoms with Crippen molar-refractivity contribution >= 4 is 10.8 Å². The zero-order valence-electron chi connectivity index (χ0n) is 17.1. The van der Waals surface area contributed by atoms with Crippen LogP contribution in [0.1, 0.15) is 22.3 Å². The standard InChI is InChI=1S/C27H13F5O/c1-33-20-8-6-18(24(29)15-20)5-2-17-13-25(30)22(26(31)14-17)10-4-16-3-9-21-19(12-16)7-11-23(28)27(21)32/h3,6-9,11-15H,1H3. The Morgan fingerprint density at radius 1 is 0.606 bits per heavy atom. The fraction of sp³-hybridized carbons (Fsp3) is 0.0370. The summed E-state index contributed by atoms with van der Waals surface area (Å²) < 4.78 is 75.0. The van der Waals surface area contributed by atoms with Crippen molar-refractivity contribution in [2.24, 2.45) is 0 Å². The molecule has 0 unspecified atom stereocenters. The van der Waals surface area contributed by atoms with Gasteiger partial charge in [-0.25, -0.2) is 22.0 Å². The summed E-state index contributed by atoms with van der Waals surface area (Å²) in [4.78, 5) is 0. The molecule has 0 spiro atoms. The summed E-state index contributed by atoms with van der Waals surface area (Å²) in [6.45, 7) is 0. The molecule has 4 aromatic rings. The highest BCUT2D eigenvalue weighted by atomic mass is 19.2. The molecule has 0 atom stereocenters. The van der Waals surface area contributed by atoms with Gasteiger partial charge in [-0.2, -0.15) is 0 Å². The van der Waals surface area contributed by atoms with Gasteiger partial charge in [0.1, 0.15) is 23.2 Å². The van der Waals surface area contributed by atoms with Crippen LogP contribution >= 0.6 is 0 Å². The summed E-state index contributed by atoms with van der Waals surface area (Å²) in [5.74, 6) is 5.98. The monoisotopic (exact) mass is 448 g/mol. The smallest absolute Gasteiger partial charge is 0.166 e. The highest BCUT2D eigenvalue weighted by Gasteiger charge is 2.10. The maximum absolute atomic E-state index is 14.5. The van der Waals surface area contributed by atoms with E-state index in [9.17, 15) is 22.0 Å². The molecule has 0 heterocycles. The summed E-state index contributed by atoms with van der Waals surface area (Å²) in [7, 11) is 1.40. The second kappa shape index (κ2) is 9.06. The molecule has 6 heteroatoms. The lowest BCUT2D eigenvalue weighted by Gasteiger charge is -2.02. The van der Waals surface area contributed by atoms with Crippen LogP contribution in [0.3, 0.4) is 0 Å². The van der Waals surface area contributed by atoms with Gasteiger partial charge in [-0.1, -0.05) is 35.8 Å². The molecule has 0 amide bonds. The fourth-order valence-corrected chi connectivity index (χ4v) is 3.11. The molecule has 0 saturated carbocycles. The van der Waals surface area contributed by atoms with E-state index in [0.717, 1.165) is 24.3 Å². The number of halogens is 5. The number of methoxy groups -OCH3 is 1. The van der Waals surface area contributed by atoms with Crippen molar-refractivity contribution in [3.63, 3.8) is 0 Å². The Balaban J connectivity index is 1.63. The van der Waals surface area contributed by atoms with E-state index in [0.29, 0.717) is 16.7 Å². The zero-order chi connectivity index (χ0) is 23.5. The van der Waals surface area contributed by atoms with Gasteiger partial charge >= 0.3 is 0 Å². The van der Waals surface area contributed by atoms with E-state index in [2.05, 4.69) is 23.7 Å². The lowest BCUT2D eigenvalue weighted by atomic mass is 10.1. The van der Waals surface area contributed by atoms with Crippen molar-refractivity contribution in [2.75, 3.05) is 7.11 Å². The molecule has 0 aromatic heterocycles. The number of ether oxygens (including phenoxy) is 1. The number of hydrogen-bond acceptors (Lipinski definition) is 1. The number of hydrogen-bond donors (Lipinski definition) is 0. The van der Waals surface area contributed by atoms with Gasteiger partial charge in [0, 0.05) is 22.6 Å². The average molecular weight is 448 g/mol. The first kappa shape index (κ1) is 21.9. The molecular formula is C27H13F5O.